The number of likely N-dealkylation sites (tertiary alicyclic amines) is 1. The van der Waals surface area contributed by atoms with Gasteiger partial charge in [0.05, 0.1) is 18.6 Å². The van der Waals surface area contributed by atoms with E-state index in [0.29, 0.717) is 18.6 Å². The zero-order valence-electron chi connectivity index (χ0n) is 15.0. The van der Waals surface area contributed by atoms with Crippen LogP contribution in [-0.4, -0.2) is 55.5 Å². The molecular formula is C20H26N2O3. The summed E-state index contributed by atoms with van der Waals surface area (Å²) in [7, 11) is 2.02. The van der Waals surface area contributed by atoms with E-state index in [-0.39, 0.29) is 30.3 Å². The van der Waals surface area contributed by atoms with Crippen molar-refractivity contribution >= 4 is 17.3 Å². The van der Waals surface area contributed by atoms with Crippen LogP contribution in [0.1, 0.15) is 31.7 Å². The van der Waals surface area contributed by atoms with E-state index in [1.807, 2.05) is 44.3 Å². The molecule has 1 heterocycles. The van der Waals surface area contributed by atoms with Gasteiger partial charge in [-0.15, -0.1) is 0 Å². The number of carbonyl (C=O) groups excluding carboxylic acids is 2. The third kappa shape index (κ3) is 4.17. The lowest BCUT2D eigenvalue weighted by atomic mass is 10.00. The number of likely N-dealkylation sites (N-methyl/N-ethyl adjacent to an activating group) is 1. The maximum atomic E-state index is 12.6. The molecule has 1 amide bonds. The second-order valence-corrected chi connectivity index (χ2v) is 6.81. The molecule has 2 aliphatic rings. The number of allylic oxidation sites excluding steroid dienone is 1. The summed E-state index contributed by atoms with van der Waals surface area (Å²) < 4.78 is 5.73. The summed E-state index contributed by atoms with van der Waals surface area (Å²) in [6.45, 7) is 4.18. The van der Waals surface area contributed by atoms with Gasteiger partial charge in [0.2, 0.25) is 5.91 Å². The topological polar surface area (TPSA) is 58.6 Å². The predicted molar refractivity (Wildman–Crippen MR) is 97.1 cm³/mol. The fourth-order valence-electron chi connectivity index (χ4n) is 3.77. The fourth-order valence-corrected chi connectivity index (χ4v) is 3.77. The monoisotopic (exact) mass is 342 g/mol. The van der Waals surface area contributed by atoms with Crippen LogP contribution in [-0.2, 0) is 14.3 Å². The molecule has 5 nitrogen and oxygen atoms in total. The third-order valence-electron chi connectivity index (χ3n) is 4.94. The molecule has 0 spiro atoms. The Hall–Kier alpha value is -1.98. The number of rotatable bonds is 6. The van der Waals surface area contributed by atoms with E-state index < -0.39 is 0 Å². The summed E-state index contributed by atoms with van der Waals surface area (Å²) in [5.74, 6) is 0.00239. The second-order valence-electron chi connectivity index (χ2n) is 6.81. The number of ketones is 1. The van der Waals surface area contributed by atoms with Gasteiger partial charge >= 0.3 is 0 Å². The van der Waals surface area contributed by atoms with Gasteiger partial charge in [0.15, 0.2) is 5.78 Å². The largest absolute Gasteiger partial charge is 0.375 e. The zero-order valence-corrected chi connectivity index (χ0v) is 15.0. The SMILES string of the molecule is CCO[C@H]1CN(C)C[C@@H]1NC(=O)CC1=C(c2ccccc2)CCC1=O. The van der Waals surface area contributed by atoms with Crippen molar-refractivity contribution in [2.24, 2.45) is 0 Å². The van der Waals surface area contributed by atoms with Crippen LogP contribution in [0, 0.1) is 0 Å². The summed E-state index contributed by atoms with van der Waals surface area (Å²) in [6.07, 6.45) is 1.39. The minimum absolute atomic E-state index is 0.0146. The highest BCUT2D eigenvalue weighted by Crippen LogP contribution is 2.33. The van der Waals surface area contributed by atoms with Gasteiger partial charge in [-0.3, -0.25) is 9.59 Å². The van der Waals surface area contributed by atoms with Crippen LogP contribution in [0.25, 0.3) is 5.57 Å². The first-order valence-electron chi connectivity index (χ1n) is 8.98. The first-order chi connectivity index (χ1) is 12.1. The zero-order chi connectivity index (χ0) is 17.8. The summed E-state index contributed by atoms with van der Waals surface area (Å²) >= 11 is 0. The van der Waals surface area contributed by atoms with Crippen LogP contribution < -0.4 is 5.32 Å². The number of nitrogens with one attached hydrogen (secondary N) is 1. The van der Waals surface area contributed by atoms with Gasteiger partial charge in [-0.2, -0.15) is 0 Å². The molecule has 0 aromatic heterocycles. The van der Waals surface area contributed by atoms with Crippen molar-refractivity contribution in [2.45, 2.75) is 38.3 Å². The Morgan fingerprint density at radius 3 is 2.72 bits per heavy atom. The third-order valence-corrected chi connectivity index (χ3v) is 4.94. The highest BCUT2D eigenvalue weighted by molar-refractivity contribution is 6.10. The Morgan fingerprint density at radius 2 is 2.00 bits per heavy atom. The van der Waals surface area contributed by atoms with E-state index in [1.54, 1.807) is 0 Å². The number of ether oxygens (including phenoxy) is 1. The lowest BCUT2D eigenvalue weighted by molar-refractivity contribution is -0.123. The average molecular weight is 342 g/mol. The molecule has 0 radical (unpaired) electrons. The molecule has 1 aromatic rings. The van der Waals surface area contributed by atoms with E-state index in [0.717, 1.165) is 30.6 Å². The number of hydrogen-bond donors (Lipinski definition) is 1. The molecule has 134 valence electrons. The molecule has 1 saturated heterocycles. The number of carbonyl (C=O) groups is 2. The number of nitrogens with zero attached hydrogens (tertiary/aromatic N) is 1. The second kappa shape index (κ2) is 7.93. The number of Topliss-reactive ketones (excluding diaryl/α,β-unsaturated/α-hetero) is 1. The molecule has 3 rings (SSSR count). The summed E-state index contributed by atoms with van der Waals surface area (Å²) in [5, 5.41) is 3.07. The van der Waals surface area contributed by atoms with Crippen molar-refractivity contribution < 1.29 is 14.3 Å². The smallest absolute Gasteiger partial charge is 0.224 e. The fraction of sp³-hybridized carbons (Fsp3) is 0.500. The molecule has 25 heavy (non-hydrogen) atoms. The van der Waals surface area contributed by atoms with E-state index >= 15 is 0 Å². The Labute approximate surface area is 149 Å². The standard InChI is InChI=1S/C20H26N2O3/c1-3-25-19-13-22(2)12-17(19)21-20(24)11-16-15(9-10-18(16)23)14-7-5-4-6-8-14/h4-8,17,19H,3,9-13H2,1-2H3,(H,21,24)/t17-,19-/m0/s1. The van der Waals surface area contributed by atoms with Crippen LogP contribution in [0.5, 0.6) is 0 Å². The molecule has 1 aromatic carbocycles. The van der Waals surface area contributed by atoms with Crippen molar-refractivity contribution in [3.8, 4) is 0 Å². The molecule has 0 bridgehead atoms. The van der Waals surface area contributed by atoms with E-state index in [1.165, 1.54) is 0 Å². The summed E-state index contributed by atoms with van der Waals surface area (Å²) in [6, 6.07) is 9.87. The maximum Gasteiger partial charge on any atom is 0.224 e. The molecule has 1 N–H and O–H groups in total. The van der Waals surface area contributed by atoms with Crippen molar-refractivity contribution in [1.29, 1.82) is 0 Å². The van der Waals surface area contributed by atoms with Crippen molar-refractivity contribution in [1.82, 2.24) is 10.2 Å². The molecular weight excluding hydrogens is 316 g/mol. The maximum absolute atomic E-state index is 12.6. The summed E-state index contributed by atoms with van der Waals surface area (Å²) in [5.41, 5.74) is 2.73. The molecule has 2 atom stereocenters. The molecule has 0 saturated carbocycles. The molecule has 1 fully saturated rings. The van der Waals surface area contributed by atoms with Crippen LogP contribution in [0.2, 0.25) is 0 Å². The van der Waals surface area contributed by atoms with Gasteiger partial charge in [0.1, 0.15) is 0 Å². The minimum atomic E-state index is -0.0938. The first-order valence-corrected chi connectivity index (χ1v) is 8.98. The van der Waals surface area contributed by atoms with Gasteiger partial charge in [0, 0.05) is 31.7 Å². The number of hydrogen-bond acceptors (Lipinski definition) is 4. The van der Waals surface area contributed by atoms with Crippen LogP contribution in [0.3, 0.4) is 0 Å². The number of amides is 1. The van der Waals surface area contributed by atoms with Gasteiger partial charge in [-0.05, 0) is 31.5 Å². The van der Waals surface area contributed by atoms with Gasteiger partial charge in [0.25, 0.3) is 0 Å². The Kier molecular flexibility index (Phi) is 5.66. The summed E-state index contributed by atoms with van der Waals surface area (Å²) in [4.78, 5) is 27.0. The van der Waals surface area contributed by atoms with Crippen LogP contribution >= 0.6 is 0 Å². The van der Waals surface area contributed by atoms with Crippen molar-refractivity contribution in [2.75, 3.05) is 26.7 Å². The lowest BCUT2D eigenvalue weighted by Crippen LogP contribution is -2.44. The predicted octanol–water partition coefficient (Wildman–Crippen LogP) is 2.03. The highest BCUT2D eigenvalue weighted by atomic mass is 16.5. The molecule has 1 aliphatic carbocycles. The molecule has 5 heteroatoms. The number of benzene rings is 1. The molecule has 0 unspecified atom stereocenters. The van der Waals surface area contributed by atoms with E-state index in [9.17, 15) is 9.59 Å². The van der Waals surface area contributed by atoms with E-state index in [2.05, 4.69) is 10.2 Å². The van der Waals surface area contributed by atoms with E-state index in [4.69, 9.17) is 4.74 Å². The Bertz CT molecular complexity index is 669. The molecule has 1 aliphatic heterocycles. The van der Waals surface area contributed by atoms with Crippen molar-refractivity contribution in [3.63, 3.8) is 0 Å². The van der Waals surface area contributed by atoms with Gasteiger partial charge in [-0.1, -0.05) is 30.3 Å². The minimum Gasteiger partial charge on any atom is -0.375 e. The lowest BCUT2D eigenvalue weighted by Gasteiger charge is -2.20. The first kappa shape index (κ1) is 17.8. The van der Waals surface area contributed by atoms with Gasteiger partial charge < -0.3 is 15.0 Å². The highest BCUT2D eigenvalue weighted by Gasteiger charge is 2.33. The van der Waals surface area contributed by atoms with Crippen molar-refractivity contribution in [3.05, 3.63) is 41.5 Å². The average Bonchev–Trinajstić information content (AvgIpc) is 3.12. The van der Waals surface area contributed by atoms with Gasteiger partial charge in [-0.25, -0.2) is 0 Å². The van der Waals surface area contributed by atoms with Crippen LogP contribution in [0.15, 0.2) is 35.9 Å². The Morgan fingerprint density at radius 1 is 1.24 bits per heavy atom. The van der Waals surface area contributed by atoms with Crippen LogP contribution in [0.4, 0.5) is 0 Å². The normalized spacial score (nSPS) is 24.2. The Balaban J connectivity index is 1.70. The quantitative estimate of drug-likeness (QED) is 0.859.